The summed E-state index contributed by atoms with van der Waals surface area (Å²) >= 11 is 0. The third-order valence-electron chi connectivity index (χ3n) is 4.36. The molecular weight excluding hydrogens is 224 g/mol. The maximum absolute atomic E-state index is 12.6. The van der Waals surface area contributed by atoms with Crippen molar-refractivity contribution in [2.24, 2.45) is 5.92 Å². The molecular formula is C15H20N2O. The second-order valence-corrected chi connectivity index (χ2v) is 5.66. The van der Waals surface area contributed by atoms with Crippen LogP contribution in [0.1, 0.15) is 48.2 Å². The smallest absolute Gasteiger partial charge is 0.167 e. The normalized spacial score (nSPS) is 31.1. The number of fused-ring (bicyclic) bond motifs is 2. The Morgan fingerprint density at radius 1 is 1.33 bits per heavy atom. The molecule has 0 radical (unpaired) electrons. The summed E-state index contributed by atoms with van der Waals surface area (Å²) in [5, 5.41) is 3.64. The van der Waals surface area contributed by atoms with Gasteiger partial charge >= 0.3 is 0 Å². The van der Waals surface area contributed by atoms with E-state index in [9.17, 15) is 4.79 Å². The number of carbonyl (C=O) groups is 1. The molecule has 3 rings (SSSR count). The van der Waals surface area contributed by atoms with E-state index in [2.05, 4.69) is 10.3 Å². The van der Waals surface area contributed by atoms with Crippen molar-refractivity contribution in [2.75, 3.05) is 0 Å². The predicted octanol–water partition coefficient (Wildman–Crippen LogP) is 2.49. The first-order chi connectivity index (χ1) is 8.74. The van der Waals surface area contributed by atoms with E-state index < -0.39 is 0 Å². The van der Waals surface area contributed by atoms with Gasteiger partial charge in [0, 0.05) is 35.5 Å². The number of rotatable bonds is 2. The first kappa shape index (κ1) is 11.8. The Kier molecular flexibility index (Phi) is 3.16. The molecule has 2 bridgehead atoms. The summed E-state index contributed by atoms with van der Waals surface area (Å²) in [7, 11) is 0. The Bertz CT molecular complexity index is 446. The van der Waals surface area contributed by atoms with Gasteiger partial charge in [0.2, 0.25) is 0 Å². The summed E-state index contributed by atoms with van der Waals surface area (Å²) in [5.74, 6) is 0.503. The third-order valence-corrected chi connectivity index (χ3v) is 4.36. The van der Waals surface area contributed by atoms with Gasteiger partial charge in [-0.1, -0.05) is 6.42 Å². The van der Waals surface area contributed by atoms with Crippen LogP contribution in [0.5, 0.6) is 0 Å². The Morgan fingerprint density at radius 2 is 2.06 bits per heavy atom. The highest BCUT2D eigenvalue weighted by Gasteiger charge is 2.35. The number of ketones is 1. The van der Waals surface area contributed by atoms with Crippen LogP contribution in [-0.4, -0.2) is 22.9 Å². The van der Waals surface area contributed by atoms with E-state index in [1.165, 1.54) is 19.3 Å². The van der Waals surface area contributed by atoms with Gasteiger partial charge in [0.1, 0.15) is 0 Å². The Balaban J connectivity index is 1.79. The van der Waals surface area contributed by atoms with Crippen LogP contribution in [0.25, 0.3) is 0 Å². The number of carbonyl (C=O) groups excluding carboxylic acids is 1. The number of piperidine rings is 2. The van der Waals surface area contributed by atoms with Gasteiger partial charge in [-0.3, -0.25) is 9.78 Å². The van der Waals surface area contributed by atoms with Gasteiger partial charge in [0.05, 0.1) is 0 Å². The quantitative estimate of drug-likeness (QED) is 0.813. The summed E-state index contributed by atoms with van der Waals surface area (Å²) in [5.41, 5.74) is 1.69. The molecule has 1 N–H and O–H groups in total. The minimum atomic E-state index is 0.199. The van der Waals surface area contributed by atoms with Crippen molar-refractivity contribution in [1.29, 1.82) is 0 Å². The van der Waals surface area contributed by atoms with Crippen molar-refractivity contribution >= 4 is 5.78 Å². The lowest BCUT2D eigenvalue weighted by molar-refractivity contribution is 0.0824. The summed E-state index contributed by atoms with van der Waals surface area (Å²) in [4.78, 5) is 16.8. The molecule has 3 nitrogen and oxygen atoms in total. The lowest BCUT2D eigenvalue weighted by Gasteiger charge is -2.39. The molecule has 3 heterocycles. The summed E-state index contributed by atoms with van der Waals surface area (Å²) in [6.45, 7) is 1.93. The topological polar surface area (TPSA) is 42.0 Å². The molecule has 1 aromatic rings. The molecule has 96 valence electrons. The maximum Gasteiger partial charge on any atom is 0.167 e. The van der Waals surface area contributed by atoms with Crippen molar-refractivity contribution in [2.45, 2.75) is 51.1 Å². The summed E-state index contributed by atoms with van der Waals surface area (Å²) in [6, 6.07) is 4.90. The molecule has 2 atom stereocenters. The number of pyridine rings is 1. The number of nitrogens with one attached hydrogen (secondary N) is 1. The Labute approximate surface area is 108 Å². The fraction of sp³-hybridized carbons (Fsp3) is 0.600. The average molecular weight is 244 g/mol. The number of hydrogen-bond donors (Lipinski definition) is 1. The largest absolute Gasteiger partial charge is 0.311 e. The Hall–Kier alpha value is -1.22. The highest BCUT2D eigenvalue weighted by Crippen LogP contribution is 2.31. The highest BCUT2D eigenvalue weighted by atomic mass is 16.1. The number of aryl methyl sites for hydroxylation is 1. The van der Waals surface area contributed by atoms with Crippen LogP contribution < -0.4 is 5.32 Å². The van der Waals surface area contributed by atoms with Crippen LogP contribution in [0.3, 0.4) is 0 Å². The van der Waals surface area contributed by atoms with Gasteiger partial charge in [0.15, 0.2) is 5.78 Å². The first-order valence-electron chi connectivity index (χ1n) is 6.96. The van der Waals surface area contributed by atoms with Crippen LogP contribution in [0.15, 0.2) is 18.3 Å². The number of hydrogen-bond acceptors (Lipinski definition) is 3. The second-order valence-electron chi connectivity index (χ2n) is 5.66. The van der Waals surface area contributed by atoms with Gasteiger partial charge in [-0.25, -0.2) is 0 Å². The standard InChI is InChI=1S/C15H20N2O/c1-10-14(6-3-7-16-10)15(18)11-8-12-4-2-5-13(9-11)17-12/h3,6-7,11-13,17H,2,4-5,8-9H2,1H3. The zero-order valence-electron chi connectivity index (χ0n) is 10.9. The van der Waals surface area contributed by atoms with Crippen molar-refractivity contribution in [3.8, 4) is 0 Å². The van der Waals surface area contributed by atoms with Crippen molar-refractivity contribution < 1.29 is 4.79 Å². The molecule has 1 aromatic heterocycles. The summed E-state index contributed by atoms with van der Waals surface area (Å²) in [6.07, 6.45) is 7.53. The zero-order chi connectivity index (χ0) is 12.5. The van der Waals surface area contributed by atoms with Crippen LogP contribution in [0.2, 0.25) is 0 Å². The molecule has 2 aliphatic rings. The molecule has 2 fully saturated rings. The molecule has 0 aliphatic carbocycles. The van der Waals surface area contributed by atoms with E-state index >= 15 is 0 Å². The van der Waals surface area contributed by atoms with E-state index in [1.54, 1.807) is 6.20 Å². The fourth-order valence-corrected chi connectivity index (χ4v) is 3.44. The minimum Gasteiger partial charge on any atom is -0.311 e. The van der Waals surface area contributed by atoms with Gasteiger partial charge in [0.25, 0.3) is 0 Å². The van der Waals surface area contributed by atoms with E-state index in [1.807, 2.05) is 19.1 Å². The minimum absolute atomic E-state index is 0.199. The molecule has 0 aromatic carbocycles. The maximum atomic E-state index is 12.6. The van der Waals surface area contributed by atoms with Gasteiger partial charge in [-0.15, -0.1) is 0 Å². The monoisotopic (exact) mass is 244 g/mol. The Morgan fingerprint density at radius 3 is 2.72 bits per heavy atom. The predicted molar refractivity (Wildman–Crippen MR) is 70.6 cm³/mol. The van der Waals surface area contributed by atoms with E-state index in [0.29, 0.717) is 17.9 Å². The average Bonchev–Trinajstić information content (AvgIpc) is 2.38. The molecule has 3 heteroatoms. The van der Waals surface area contributed by atoms with E-state index in [4.69, 9.17) is 0 Å². The van der Waals surface area contributed by atoms with Crippen LogP contribution in [0, 0.1) is 12.8 Å². The first-order valence-corrected chi connectivity index (χ1v) is 6.96. The van der Waals surface area contributed by atoms with Crippen LogP contribution in [-0.2, 0) is 0 Å². The van der Waals surface area contributed by atoms with Gasteiger partial charge in [-0.2, -0.15) is 0 Å². The molecule has 2 saturated heterocycles. The second kappa shape index (κ2) is 4.81. The fourth-order valence-electron chi connectivity index (χ4n) is 3.44. The van der Waals surface area contributed by atoms with Gasteiger partial charge < -0.3 is 5.32 Å². The van der Waals surface area contributed by atoms with Crippen molar-refractivity contribution in [3.63, 3.8) is 0 Å². The third kappa shape index (κ3) is 2.19. The molecule has 18 heavy (non-hydrogen) atoms. The van der Waals surface area contributed by atoms with Crippen LogP contribution >= 0.6 is 0 Å². The molecule has 0 spiro atoms. The van der Waals surface area contributed by atoms with Crippen LogP contribution in [0.4, 0.5) is 0 Å². The lowest BCUT2D eigenvalue weighted by atomic mass is 9.77. The number of Topliss-reactive ketones (excluding diaryl/α,β-unsaturated/α-hetero) is 1. The molecule has 0 amide bonds. The molecule has 0 saturated carbocycles. The zero-order valence-corrected chi connectivity index (χ0v) is 10.9. The van der Waals surface area contributed by atoms with Crippen molar-refractivity contribution in [1.82, 2.24) is 10.3 Å². The molecule has 2 aliphatic heterocycles. The summed E-state index contributed by atoms with van der Waals surface area (Å²) < 4.78 is 0. The van der Waals surface area contributed by atoms with E-state index in [0.717, 1.165) is 24.1 Å². The molecule has 2 unspecified atom stereocenters. The number of nitrogens with zero attached hydrogens (tertiary/aromatic N) is 1. The highest BCUT2D eigenvalue weighted by molar-refractivity contribution is 5.98. The lowest BCUT2D eigenvalue weighted by Crippen LogP contribution is -2.50. The number of aromatic nitrogens is 1. The van der Waals surface area contributed by atoms with E-state index in [-0.39, 0.29) is 5.92 Å². The van der Waals surface area contributed by atoms with Crippen molar-refractivity contribution in [3.05, 3.63) is 29.6 Å². The van der Waals surface area contributed by atoms with Gasteiger partial charge in [-0.05, 0) is 44.7 Å². The SMILES string of the molecule is Cc1ncccc1C(=O)C1CC2CCCC(C1)N2.